The molecule has 1 amide bonds. The largest absolute Gasteiger partial charge is 0.338 e. The number of nitrogens with zero attached hydrogens (tertiary/aromatic N) is 1. The van der Waals surface area contributed by atoms with Gasteiger partial charge in [0.15, 0.2) is 0 Å². The van der Waals surface area contributed by atoms with Gasteiger partial charge in [-0.2, -0.15) is 0 Å². The van der Waals surface area contributed by atoms with Gasteiger partial charge in [-0.15, -0.1) is 0 Å². The summed E-state index contributed by atoms with van der Waals surface area (Å²) in [5.74, 6) is 0.813. The van der Waals surface area contributed by atoms with E-state index >= 15 is 0 Å². The molecule has 15 heavy (non-hydrogen) atoms. The van der Waals surface area contributed by atoms with Gasteiger partial charge in [-0.05, 0) is 30.5 Å². The third-order valence-corrected chi connectivity index (χ3v) is 3.27. The van der Waals surface area contributed by atoms with Crippen LogP contribution in [0.15, 0.2) is 22.7 Å². The van der Waals surface area contributed by atoms with E-state index in [1.54, 1.807) is 0 Å². The van der Waals surface area contributed by atoms with E-state index in [9.17, 15) is 4.79 Å². The topological polar surface area (TPSA) is 20.3 Å². The molecule has 80 valence electrons. The number of halogens is 1. The molecule has 1 aliphatic rings. The van der Waals surface area contributed by atoms with Gasteiger partial charge in [-0.1, -0.05) is 28.9 Å². The fraction of sp³-hybridized carbons (Fsp3) is 0.417. The number of likely N-dealkylation sites (tertiary alicyclic amines) is 1. The van der Waals surface area contributed by atoms with Gasteiger partial charge in [0.05, 0.1) is 0 Å². The average Bonchev–Trinajstić information content (AvgIpc) is 2.16. The van der Waals surface area contributed by atoms with Gasteiger partial charge in [0, 0.05) is 23.1 Å². The second-order valence-corrected chi connectivity index (χ2v) is 5.19. The molecule has 1 heterocycles. The predicted octanol–water partition coefficient (Wildman–Crippen LogP) is 2.85. The number of hydrogen-bond donors (Lipinski definition) is 0. The molecule has 2 rings (SSSR count). The van der Waals surface area contributed by atoms with Crippen molar-refractivity contribution >= 4 is 21.8 Å². The number of benzene rings is 1. The van der Waals surface area contributed by atoms with Crippen LogP contribution < -0.4 is 0 Å². The molecular formula is C12H14BrNO. The number of hydrogen-bond acceptors (Lipinski definition) is 1. The maximum Gasteiger partial charge on any atom is 0.254 e. The Hall–Kier alpha value is -0.830. The Morgan fingerprint density at radius 1 is 1.47 bits per heavy atom. The normalized spacial score (nSPS) is 16.3. The van der Waals surface area contributed by atoms with Crippen molar-refractivity contribution < 1.29 is 4.79 Å². The summed E-state index contributed by atoms with van der Waals surface area (Å²) >= 11 is 3.39. The molecule has 1 aromatic rings. The van der Waals surface area contributed by atoms with E-state index in [2.05, 4.69) is 22.9 Å². The van der Waals surface area contributed by atoms with Crippen LogP contribution in [-0.2, 0) is 0 Å². The first-order chi connectivity index (χ1) is 7.08. The van der Waals surface area contributed by atoms with Crippen LogP contribution in [0.2, 0.25) is 0 Å². The molecule has 1 fully saturated rings. The molecule has 0 atom stereocenters. The molecule has 0 radical (unpaired) electrons. The van der Waals surface area contributed by atoms with E-state index in [1.165, 1.54) is 0 Å². The Bertz CT molecular complexity index is 397. The smallest absolute Gasteiger partial charge is 0.254 e. The van der Waals surface area contributed by atoms with Crippen LogP contribution in [0.25, 0.3) is 0 Å². The van der Waals surface area contributed by atoms with Gasteiger partial charge in [0.1, 0.15) is 0 Å². The first kappa shape index (κ1) is 10.7. The van der Waals surface area contributed by atoms with Crippen LogP contribution in [-0.4, -0.2) is 23.9 Å². The summed E-state index contributed by atoms with van der Waals surface area (Å²) in [4.78, 5) is 14.0. The van der Waals surface area contributed by atoms with Gasteiger partial charge in [0.2, 0.25) is 0 Å². The number of carbonyl (C=O) groups excluding carboxylic acids is 1. The lowest BCUT2D eigenvalue weighted by molar-refractivity contribution is 0.0529. The lowest BCUT2D eigenvalue weighted by Crippen LogP contribution is -2.48. The molecule has 0 aliphatic carbocycles. The van der Waals surface area contributed by atoms with E-state index in [4.69, 9.17) is 0 Å². The first-order valence-corrected chi connectivity index (χ1v) is 5.92. The van der Waals surface area contributed by atoms with E-state index in [0.717, 1.165) is 28.7 Å². The summed E-state index contributed by atoms with van der Waals surface area (Å²) < 4.78 is 0.963. The second-order valence-electron chi connectivity index (χ2n) is 4.27. The Balaban J connectivity index is 2.22. The van der Waals surface area contributed by atoms with Gasteiger partial charge >= 0.3 is 0 Å². The number of carbonyl (C=O) groups is 1. The van der Waals surface area contributed by atoms with Crippen molar-refractivity contribution in [2.24, 2.45) is 5.92 Å². The average molecular weight is 268 g/mol. The monoisotopic (exact) mass is 267 g/mol. The fourth-order valence-electron chi connectivity index (χ4n) is 1.86. The van der Waals surface area contributed by atoms with Gasteiger partial charge in [0.25, 0.3) is 5.91 Å². The van der Waals surface area contributed by atoms with E-state index < -0.39 is 0 Å². The number of amides is 1. The van der Waals surface area contributed by atoms with Crippen LogP contribution in [0.1, 0.15) is 22.8 Å². The highest BCUT2D eigenvalue weighted by molar-refractivity contribution is 9.10. The van der Waals surface area contributed by atoms with Crippen molar-refractivity contribution in [1.29, 1.82) is 0 Å². The third-order valence-electron chi connectivity index (χ3n) is 2.78. The zero-order chi connectivity index (χ0) is 11.0. The SMILES string of the molecule is Cc1ccc(Br)cc1C(=O)N1CC(C)C1. The molecule has 1 aromatic carbocycles. The molecule has 0 bridgehead atoms. The van der Waals surface area contributed by atoms with Crippen molar-refractivity contribution in [2.45, 2.75) is 13.8 Å². The molecule has 1 saturated heterocycles. The summed E-state index contributed by atoms with van der Waals surface area (Å²) in [5.41, 5.74) is 1.86. The summed E-state index contributed by atoms with van der Waals surface area (Å²) in [7, 11) is 0. The van der Waals surface area contributed by atoms with Crippen LogP contribution >= 0.6 is 15.9 Å². The Kier molecular flexibility index (Phi) is 2.83. The lowest BCUT2D eigenvalue weighted by atomic mass is 10.00. The predicted molar refractivity (Wildman–Crippen MR) is 63.9 cm³/mol. The third kappa shape index (κ3) is 2.07. The minimum absolute atomic E-state index is 0.159. The number of rotatable bonds is 1. The molecule has 2 nitrogen and oxygen atoms in total. The highest BCUT2D eigenvalue weighted by Gasteiger charge is 2.28. The van der Waals surface area contributed by atoms with Gasteiger partial charge in [-0.25, -0.2) is 0 Å². The quantitative estimate of drug-likeness (QED) is 0.767. The summed E-state index contributed by atoms with van der Waals surface area (Å²) in [6.45, 7) is 5.93. The summed E-state index contributed by atoms with van der Waals surface area (Å²) in [6.07, 6.45) is 0. The van der Waals surface area contributed by atoms with Crippen molar-refractivity contribution in [3.63, 3.8) is 0 Å². The second kappa shape index (κ2) is 3.97. The minimum Gasteiger partial charge on any atom is -0.338 e. The number of aryl methyl sites for hydroxylation is 1. The van der Waals surface area contributed by atoms with E-state index in [1.807, 2.05) is 30.0 Å². The maximum atomic E-state index is 12.1. The van der Waals surface area contributed by atoms with Crippen LogP contribution in [0.4, 0.5) is 0 Å². The maximum absolute atomic E-state index is 12.1. The minimum atomic E-state index is 0.159. The first-order valence-electron chi connectivity index (χ1n) is 5.13. The lowest BCUT2D eigenvalue weighted by Gasteiger charge is -2.37. The molecular weight excluding hydrogens is 254 g/mol. The van der Waals surface area contributed by atoms with Crippen molar-refractivity contribution in [2.75, 3.05) is 13.1 Å². The van der Waals surface area contributed by atoms with E-state index in [-0.39, 0.29) is 5.91 Å². The van der Waals surface area contributed by atoms with Crippen molar-refractivity contribution in [3.8, 4) is 0 Å². The molecule has 0 saturated carbocycles. The molecule has 0 spiro atoms. The fourth-order valence-corrected chi connectivity index (χ4v) is 2.22. The molecule has 0 unspecified atom stereocenters. The molecule has 3 heteroatoms. The van der Waals surface area contributed by atoms with Crippen molar-refractivity contribution in [3.05, 3.63) is 33.8 Å². The highest BCUT2D eigenvalue weighted by Crippen LogP contribution is 2.22. The highest BCUT2D eigenvalue weighted by atomic mass is 79.9. The van der Waals surface area contributed by atoms with Crippen molar-refractivity contribution in [1.82, 2.24) is 4.90 Å². The van der Waals surface area contributed by atoms with E-state index in [0.29, 0.717) is 5.92 Å². The van der Waals surface area contributed by atoms with Crippen LogP contribution in [0.3, 0.4) is 0 Å². The molecule has 1 aliphatic heterocycles. The Morgan fingerprint density at radius 3 is 2.73 bits per heavy atom. The zero-order valence-corrected chi connectivity index (χ0v) is 10.5. The Labute approximate surface area is 98.4 Å². The Morgan fingerprint density at radius 2 is 2.13 bits per heavy atom. The van der Waals surface area contributed by atoms with Gasteiger partial charge < -0.3 is 4.90 Å². The summed E-state index contributed by atoms with van der Waals surface area (Å²) in [5, 5.41) is 0. The zero-order valence-electron chi connectivity index (χ0n) is 8.96. The molecule has 0 N–H and O–H groups in total. The van der Waals surface area contributed by atoms with Gasteiger partial charge in [-0.3, -0.25) is 4.79 Å². The van der Waals surface area contributed by atoms with Crippen LogP contribution in [0, 0.1) is 12.8 Å². The van der Waals surface area contributed by atoms with Crippen LogP contribution in [0.5, 0.6) is 0 Å². The summed E-state index contributed by atoms with van der Waals surface area (Å²) in [6, 6.07) is 5.84. The molecule has 0 aromatic heterocycles. The standard InChI is InChI=1S/C12H14BrNO/c1-8-6-14(7-8)12(15)11-5-10(13)4-3-9(11)2/h3-5,8H,6-7H2,1-2H3.